The summed E-state index contributed by atoms with van der Waals surface area (Å²) in [6.45, 7) is 4.19. The average Bonchev–Trinajstić information content (AvgIpc) is 3.50. The second kappa shape index (κ2) is 8.09. The minimum Gasteiger partial charge on any atom is -0.372 e. The third kappa shape index (κ3) is 3.51. The van der Waals surface area contributed by atoms with E-state index in [1.54, 1.807) is 6.33 Å². The van der Waals surface area contributed by atoms with Gasteiger partial charge in [0.25, 0.3) is 5.91 Å². The smallest absolute Gasteiger partial charge is 0.251 e. The Bertz CT molecular complexity index is 1390. The molecule has 34 heavy (non-hydrogen) atoms. The molecule has 1 saturated carbocycles. The third-order valence-electron chi connectivity index (χ3n) is 7.23. The molecule has 9 nitrogen and oxygen atoms in total. The fourth-order valence-corrected chi connectivity index (χ4v) is 5.04. The highest BCUT2D eigenvalue weighted by atomic mass is 16.1. The molecule has 0 bridgehead atoms. The first-order valence-electron chi connectivity index (χ1n) is 12.1. The van der Waals surface area contributed by atoms with E-state index in [2.05, 4.69) is 49.1 Å². The van der Waals surface area contributed by atoms with Crippen molar-refractivity contribution in [3.63, 3.8) is 0 Å². The van der Waals surface area contributed by atoms with E-state index in [1.165, 1.54) is 0 Å². The Balaban J connectivity index is 1.48. The lowest BCUT2D eigenvalue weighted by Crippen LogP contribution is -2.31. The van der Waals surface area contributed by atoms with E-state index in [0.29, 0.717) is 17.6 Å². The zero-order chi connectivity index (χ0) is 23.4. The number of rotatable bonds is 5. The lowest BCUT2D eigenvalue weighted by Gasteiger charge is -2.29. The van der Waals surface area contributed by atoms with E-state index in [0.717, 1.165) is 83.5 Å². The van der Waals surface area contributed by atoms with Crippen LogP contribution in [-0.4, -0.2) is 68.8 Å². The molecule has 1 aromatic carbocycles. The number of aromatic nitrogens is 5. The quantitative estimate of drug-likeness (QED) is 0.423. The lowest BCUT2D eigenvalue weighted by atomic mass is 10.1. The molecule has 3 N–H and O–H groups in total. The maximum Gasteiger partial charge on any atom is 0.251 e. The number of carbonyl (C=O) groups is 1. The van der Waals surface area contributed by atoms with Crippen molar-refractivity contribution in [1.29, 1.82) is 0 Å². The van der Waals surface area contributed by atoms with Gasteiger partial charge in [-0.15, -0.1) is 0 Å². The standard InChI is InChI=1S/C25H30N8O/c1-14-18-7-4-15(25(34)29-16-5-6-16)12-19(18)30-21(14)22-20-23(26-2)27-13-28-24(20)33(31-22)17-8-10-32(3)11-9-17/h4,7,12-13,16-17,30H,5-6,8-11H2,1-3H3,(H,29,34)(H,26,27,28). The Morgan fingerprint density at radius 2 is 1.94 bits per heavy atom. The molecule has 1 saturated heterocycles. The Hall–Kier alpha value is -3.46. The number of fused-ring (bicyclic) bond motifs is 2. The molecule has 3 aromatic heterocycles. The van der Waals surface area contributed by atoms with Gasteiger partial charge >= 0.3 is 0 Å². The molecule has 1 aliphatic carbocycles. The summed E-state index contributed by atoms with van der Waals surface area (Å²) in [4.78, 5) is 27.7. The second-order valence-electron chi connectivity index (χ2n) is 9.63. The molecule has 4 aromatic rings. The number of likely N-dealkylation sites (tertiary alicyclic amines) is 1. The zero-order valence-electron chi connectivity index (χ0n) is 19.9. The van der Waals surface area contributed by atoms with Gasteiger partial charge in [0.15, 0.2) is 5.65 Å². The number of carbonyl (C=O) groups excluding carboxylic acids is 1. The van der Waals surface area contributed by atoms with E-state index in [9.17, 15) is 4.79 Å². The normalized spacial score (nSPS) is 17.5. The van der Waals surface area contributed by atoms with Crippen molar-refractivity contribution in [2.24, 2.45) is 0 Å². The SMILES string of the molecule is CNc1ncnc2c1c(-c1[nH]c3cc(C(=O)NC4CC4)ccc3c1C)nn2C1CCN(C)CC1. The van der Waals surface area contributed by atoms with Crippen molar-refractivity contribution in [2.45, 2.75) is 44.7 Å². The van der Waals surface area contributed by atoms with E-state index < -0.39 is 0 Å². The number of hydrogen-bond acceptors (Lipinski definition) is 6. The number of amides is 1. The molecule has 0 unspecified atom stereocenters. The molecule has 0 spiro atoms. The Morgan fingerprint density at radius 1 is 1.15 bits per heavy atom. The number of nitrogens with zero attached hydrogens (tertiary/aromatic N) is 5. The minimum atomic E-state index is -0.0129. The number of H-pyrrole nitrogens is 1. The maximum absolute atomic E-state index is 12.6. The van der Waals surface area contributed by atoms with Crippen LogP contribution in [0.2, 0.25) is 0 Å². The Labute approximate surface area is 197 Å². The van der Waals surface area contributed by atoms with Crippen LogP contribution >= 0.6 is 0 Å². The van der Waals surface area contributed by atoms with Gasteiger partial charge in [0, 0.05) is 29.6 Å². The van der Waals surface area contributed by atoms with Crippen LogP contribution in [0.3, 0.4) is 0 Å². The number of aryl methyl sites for hydroxylation is 1. The molecule has 0 radical (unpaired) electrons. The van der Waals surface area contributed by atoms with Crippen molar-refractivity contribution in [3.05, 3.63) is 35.7 Å². The van der Waals surface area contributed by atoms with Crippen LogP contribution in [0.5, 0.6) is 0 Å². The monoisotopic (exact) mass is 458 g/mol. The molecule has 2 fully saturated rings. The summed E-state index contributed by atoms with van der Waals surface area (Å²) >= 11 is 0. The predicted molar refractivity (Wildman–Crippen MR) is 133 cm³/mol. The number of nitrogens with one attached hydrogen (secondary N) is 3. The maximum atomic E-state index is 12.6. The first-order chi connectivity index (χ1) is 16.5. The Kier molecular flexibility index (Phi) is 5.02. The molecule has 1 aliphatic heterocycles. The van der Waals surface area contributed by atoms with Gasteiger partial charge in [0.05, 0.1) is 17.1 Å². The number of piperidine rings is 1. The minimum absolute atomic E-state index is 0.0129. The molecule has 4 heterocycles. The molecule has 2 aliphatic rings. The van der Waals surface area contributed by atoms with Crippen molar-refractivity contribution >= 4 is 33.7 Å². The summed E-state index contributed by atoms with van der Waals surface area (Å²) in [5.74, 6) is 0.753. The zero-order valence-corrected chi connectivity index (χ0v) is 19.9. The molecular weight excluding hydrogens is 428 g/mol. The summed E-state index contributed by atoms with van der Waals surface area (Å²) in [7, 11) is 4.04. The van der Waals surface area contributed by atoms with Crippen LogP contribution in [0.1, 0.15) is 47.6 Å². The first-order valence-corrected chi connectivity index (χ1v) is 12.1. The van der Waals surface area contributed by atoms with E-state index in [4.69, 9.17) is 5.10 Å². The molecule has 1 amide bonds. The molecular formula is C25H30N8O. The fourth-order valence-electron chi connectivity index (χ4n) is 5.04. The van der Waals surface area contributed by atoms with E-state index >= 15 is 0 Å². The van der Waals surface area contributed by atoms with Gasteiger partial charge in [-0.2, -0.15) is 5.10 Å². The van der Waals surface area contributed by atoms with Gasteiger partial charge in [0.1, 0.15) is 17.8 Å². The second-order valence-corrected chi connectivity index (χ2v) is 9.63. The Morgan fingerprint density at radius 3 is 2.68 bits per heavy atom. The lowest BCUT2D eigenvalue weighted by molar-refractivity contribution is 0.0951. The highest BCUT2D eigenvalue weighted by molar-refractivity contribution is 6.04. The van der Waals surface area contributed by atoms with Crippen LogP contribution in [0, 0.1) is 6.92 Å². The van der Waals surface area contributed by atoms with Gasteiger partial charge < -0.3 is 20.5 Å². The first kappa shape index (κ1) is 21.1. The number of benzene rings is 1. The average molecular weight is 459 g/mol. The summed E-state index contributed by atoms with van der Waals surface area (Å²) in [5, 5.41) is 13.4. The topological polar surface area (TPSA) is 104 Å². The molecule has 0 atom stereocenters. The van der Waals surface area contributed by atoms with Crippen molar-refractivity contribution in [2.75, 3.05) is 32.5 Å². The molecule has 176 valence electrons. The molecule has 9 heteroatoms. The number of aromatic amines is 1. The van der Waals surface area contributed by atoms with Crippen LogP contribution in [0.4, 0.5) is 5.82 Å². The van der Waals surface area contributed by atoms with Gasteiger partial charge in [0.2, 0.25) is 0 Å². The third-order valence-corrected chi connectivity index (χ3v) is 7.23. The van der Waals surface area contributed by atoms with Gasteiger partial charge in [-0.05, 0) is 70.4 Å². The van der Waals surface area contributed by atoms with Crippen molar-refractivity contribution < 1.29 is 4.79 Å². The van der Waals surface area contributed by atoms with Crippen LogP contribution in [-0.2, 0) is 0 Å². The van der Waals surface area contributed by atoms with Crippen molar-refractivity contribution in [1.82, 2.24) is 34.9 Å². The largest absolute Gasteiger partial charge is 0.372 e. The van der Waals surface area contributed by atoms with E-state index in [-0.39, 0.29) is 5.91 Å². The van der Waals surface area contributed by atoms with E-state index in [1.807, 2.05) is 25.2 Å². The van der Waals surface area contributed by atoms with Crippen LogP contribution in [0.25, 0.3) is 33.3 Å². The highest BCUT2D eigenvalue weighted by Gasteiger charge is 2.27. The van der Waals surface area contributed by atoms with Crippen LogP contribution in [0.15, 0.2) is 24.5 Å². The predicted octanol–water partition coefficient (Wildman–Crippen LogP) is 3.48. The highest BCUT2D eigenvalue weighted by Crippen LogP contribution is 2.38. The summed E-state index contributed by atoms with van der Waals surface area (Å²) in [5.41, 5.74) is 5.35. The van der Waals surface area contributed by atoms with Crippen molar-refractivity contribution in [3.8, 4) is 11.4 Å². The fraction of sp³-hybridized carbons (Fsp3) is 0.440. The number of hydrogen-bond donors (Lipinski definition) is 3. The summed E-state index contributed by atoms with van der Waals surface area (Å²) in [6, 6.07) is 6.50. The number of anilines is 1. The molecule has 6 rings (SSSR count). The van der Waals surface area contributed by atoms with Gasteiger partial charge in [-0.3, -0.25) is 4.79 Å². The summed E-state index contributed by atoms with van der Waals surface area (Å²) in [6.07, 6.45) is 5.83. The van der Waals surface area contributed by atoms with Gasteiger partial charge in [-0.1, -0.05) is 6.07 Å². The van der Waals surface area contributed by atoms with Gasteiger partial charge in [-0.25, -0.2) is 14.6 Å². The van der Waals surface area contributed by atoms with Crippen LogP contribution < -0.4 is 10.6 Å². The summed E-state index contributed by atoms with van der Waals surface area (Å²) < 4.78 is 2.10.